The predicted molar refractivity (Wildman–Crippen MR) is 227 cm³/mol. The molecule has 0 saturated heterocycles. The fourth-order valence-electron chi connectivity index (χ4n) is 8.97. The summed E-state index contributed by atoms with van der Waals surface area (Å²) in [7, 11) is 0. The van der Waals surface area contributed by atoms with Gasteiger partial charge in [0.2, 0.25) is 0 Å². The van der Waals surface area contributed by atoms with Gasteiger partial charge in [0, 0.05) is 46.3 Å². The van der Waals surface area contributed by atoms with Gasteiger partial charge in [0.15, 0.2) is 0 Å². The van der Waals surface area contributed by atoms with E-state index >= 15 is 0 Å². The molecule has 5 heteroatoms. The molecule has 3 heterocycles. The number of aromatic nitrogens is 4. The molecule has 3 aromatic carbocycles. The number of benzene rings is 3. The summed E-state index contributed by atoms with van der Waals surface area (Å²) in [5.41, 5.74) is 11.0. The van der Waals surface area contributed by atoms with E-state index < -0.39 is 0 Å². The summed E-state index contributed by atoms with van der Waals surface area (Å²) in [5, 5.41) is 7.69. The summed E-state index contributed by atoms with van der Waals surface area (Å²) < 4.78 is 11.3. The van der Waals surface area contributed by atoms with E-state index in [9.17, 15) is 0 Å². The standard InChI is InChI=1S/C49H60N4O/c1-12-13-16-35-21-22-50-46(25-35)52-44-18-15-14-17-40(44)41-20-19-38(29-45(41)52)54-39-27-36(49(9,10)11)26-37(28-39)53-34(8)47(33(7)51-53)48-42(30(2)3)23-32(6)24-43(48)31(4)5/h14-15,17-23,25-32,43,48H,12-13,16,24H2,1-11H3/t32-,43+,48?/m0/s1. The third-order valence-corrected chi connectivity index (χ3v) is 11.8. The molecular formula is C49H60N4O. The Morgan fingerprint density at radius 1 is 0.870 bits per heavy atom. The van der Waals surface area contributed by atoms with Crippen molar-refractivity contribution < 1.29 is 4.74 Å². The Balaban J connectivity index is 1.33. The molecule has 0 fully saturated rings. The summed E-state index contributed by atoms with van der Waals surface area (Å²) in [6.45, 7) is 25.4. The minimum atomic E-state index is -0.0896. The molecule has 0 saturated carbocycles. The summed E-state index contributed by atoms with van der Waals surface area (Å²) in [5.74, 6) is 5.16. The zero-order valence-electron chi connectivity index (χ0n) is 34.5. The molecule has 6 aromatic rings. The molecular weight excluding hydrogens is 661 g/mol. The van der Waals surface area contributed by atoms with Gasteiger partial charge in [-0.05, 0) is 116 Å². The van der Waals surface area contributed by atoms with Gasteiger partial charge in [-0.25, -0.2) is 9.67 Å². The van der Waals surface area contributed by atoms with Crippen LogP contribution in [0.1, 0.15) is 116 Å². The molecule has 1 aliphatic carbocycles. The second-order valence-electron chi connectivity index (χ2n) is 17.6. The first-order valence-electron chi connectivity index (χ1n) is 20.3. The minimum absolute atomic E-state index is 0.0896. The van der Waals surface area contributed by atoms with Gasteiger partial charge in [0.1, 0.15) is 17.3 Å². The van der Waals surface area contributed by atoms with Crippen molar-refractivity contribution in [1.29, 1.82) is 0 Å². The van der Waals surface area contributed by atoms with E-state index in [2.05, 4.69) is 164 Å². The quantitative estimate of drug-likeness (QED) is 0.132. The van der Waals surface area contributed by atoms with E-state index in [1.54, 1.807) is 5.57 Å². The third kappa shape index (κ3) is 7.14. The molecule has 7 rings (SSSR count). The van der Waals surface area contributed by atoms with Gasteiger partial charge in [0.25, 0.3) is 0 Å². The van der Waals surface area contributed by atoms with Gasteiger partial charge in [0.05, 0.1) is 22.4 Å². The number of ether oxygens (including phenoxy) is 1. The van der Waals surface area contributed by atoms with Crippen LogP contribution in [0, 0.1) is 37.5 Å². The van der Waals surface area contributed by atoms with Crippen LogP contribution in [0.25, 0.3) is 33.3 Å². The average molecular weight is 721 g/mol. The molecule has 282 valence electrons. The van der Waals surface area contributed by atoms with Gasteiger partial charge in [-0.1, -0.05) is 98.6 Å². The molecule has 5 nitrogen and oxygen atoms in total. The average Bonchev–Trinajstić information content (AvgIpc) is 3.62. The maximum atomic E-state index is 6.87. The van der Waals surface area contributed by atoms with Gasteiger partial charge in [-0.3, -0.25) is 4.57 Å². The smallest absolute Gasteiger partial charge is 0.137 e. The highest BCUT2D eigenvalue weighted by Crippen LogP contribution is 2.49. The lowest BCUT2D eigenvalue weighted by Gasteiger charge is -2.40. The van der Waals surface area contributed by atoms with Crippen LogP contribution < -0.4 is 4.74 Å². The number of hydrogen-bond acceptors (Lipinski definition) is 3. The van der Waals surface area contributed by atoms with Crippen LogP contribution in [0.3, 0.4) is 0 Å². The Labute approximate surface area is 323 Å². The van der Waals surface area contributed by atoms with E-state index in [4.69, 9.17) is 14.8 Å². The van der Waals surface area contributed by atoms with Crippen molar-refractivity contribution in [1.82, 2.24) is 19.3 Å². The second-order valence-corrected chi connectivity index (χ2v) is 17.6. The van der Waals surface area contributed by atoms with Gasteiger partial charge in [-0.2, -0.15) is 5.10 Å². The third-order valence-electron chi connectivity index (χ3n) is 11.8. The van der Waals surface area contributed by atoms with Crippen LogP contribution in [-0.2, 0) is 11.8 Å². The molecule has 3 aromatic heterocycles. The molecule has 0 N–H and O–H groups in total. The van der Waals surface area contributed by atoms with Crippen LogP contribution in [0.2, 0.25) is 0 Å². The van der Waals surface area contributed by atoms with Crippen molar-refractivity contribution in [3.8, 4) is 23.0 Å². The molecule has 1 unspecified atom stereocenters. The van der Waals surface area contributed by atoms with Gasteiger partial charge in [-0.15, -0.1) is 0 Å². The van der Waals surface area contributed by atoms with Crippen molar-refractivity contribution in [3.05, 3.63) is 119 Å². The Hall–Kier alpha value is -4.64. The zero-order valence-corrected chi connectivity index (χ0v) is 34.5. The number of pyridine rings is 1. The van der Waals surface area contributed by atoms with Gasteiger partial charge >= 0.3 is 0 Å². The maximum Gasteiger partial charge on any atom is 0.137 e. The van der Waals surface area contributed by atoms with Crippen molar-refractivity contribution in [2.75, 3.05) is 0 Å². The number of hydrogen-bond donors (Lipinski definition) is 0. The number of unbranched alkanes of at least 4 members (excludes halogenated alkanes) is 1. The van der Waals surface area contributed by atoms with E-state index in [1.807, 2.05) is 6.20 Å². The lowest BCUT2D eigenvalue weighted by atomic mass is 9.65. The number of para-hydroxylation sites is 1. The highest BCUT2D eigenvalue weighted by atomic mass is 16.5. The number of fused-ring (bicyclic) bond motifs is 3. The summed E-state index contributed by atoms with van der Waals surface area (Å²) >= 11 is 0. The lowest BCUT2D eigenvalue weighted by Crippen LogP contribution is -2.29. The van der Waals surface area contributed by atoms with Crippen LogP contribution in [0.4, 0.5) is 0 Å². The molecule has 54 heavy (non-hydrogen) atoms. The van der Waals surface area contributed by atoms with Crippen LogP contribution in [0.15, 0.2) is 90.6 Å². The molecule has 0 radical (unpaired) electrons. The van der Waals surface area contributed by atoms with Crippen LogP contribution in [-0.4, -0.2) is 19.3 Å². The molecule has 0 aliphatic heterocycles. The van der Waals surface area contributed by atoms with Crippen molar-refractivity contribution >= 4 is 21.8 Å². The van der Waals surface area contributed by atoms with Gasteiger partial charge < -0.3 is 4.74 Å². The molecule has 0 bridgehead atoms. The van der Waals surface area contributed by atoms with E-state index in [-0.39, 0.29) is 5.41 Å². The monoisotopic (exact) mass is 720 g/mol. The maximum absolute atomic E-state index is 6.87. The second kappa shape index (κ2) is 14.9. The summed E-state index contributed by atoms with van der Waals surface area (Å²) in [6.07, 6.45) is 9.10. The van der Waals surface area contributed by atoms with Crippen LogP contribution in [0.5, 0.6) is 11.5 Å². The Morgan fingerprint density at radius 2 is 1.63 bits per heavy atom. The highest BCUT2D eigenvalue weighted by molar-refractivity contribution is 6.09. The largest absolute Gasteiger partial charge is 0.457 e. The first-order valence-corrected chi connectivity index (χ1v) is 20.3. The number of nitrogens with zero attached hydrogens (tertiary/aromatic N) is 4. The van der Waals surface area contributed by atoms with Crippen molar-refractivity contribution in [2.45, 2.75) is 113 Å². The Morgan fingerprint density at radius 3 is 2.35 bits per heavy atom. The first-order chi connectivity index (χ1) is 25.7. The SMILES string of the molecule is CCCCc1ccnc(-n2c3ccccc3c3ccc(Oc4cc(-n5nc(C)c(C6C(C(C)C)=C[C@H](C)C[C@@H]6C(C)C)c5C)cc(C(C)(C)C)c4)cc32)c1. The normalized spacial score (nSPS) is 17.9. The molecule has 0 spiro atoms. The fourth-order valence-corrected chi connectivity index (χ4v) is 8.97. The topological polar surface area (TPSA) is 44.9 Å². The number of rotatable bonds is 10. The summed E-state index contributed by atoms with van der Waals surface area (Å²) in [6, 6.07) is 26.1. The van der Waals surface area contributed by atoms with Crippen LogP contribution >= 0.6 is 0 Å². The molecule has 0 amide bonds. The summed E-state index contributed by atoms with van der Waals surface area (Å²) in [4.78, 5) is 4.88. The number of allylic oxidation sites excluding steroid dienone is 2. The zero-order chi connectivity index (χ0) is 38.5. The number of aryl methyl sites for hydroxylation is 2. The first kappa shape index (κ1) is 37.7. The predicted octanol–water partition coefficient (Wildman–Crippen LogP) is 13.4. The fraction of sp³-hybridized carbons (Fsp3) is 0.429. The van der Waals surface area contributed by atoms with E-state index in [0.717, 1.165) is 52.6 Å². The van der Waals surface area contributed by atoms with Crippen molar-refractivity contribution in [3.63, 3.8) is 0 Å². The van der Waals surface area contributed by atoms with E-state index in [0.29, 0.717) is 29.6 Å². The Bertz CT molecular complexity index is 2330. The minimum Gasteiger partial charge on any atom is -0.457 e. The van der Waals surface area contributed by atoms with E-state index in [1.165, 1.54) is 46.0 Å². The Kier molecular flexibility index (Phi) is 10.4. The van der Waals surface area contributed by atoms with Crippen molar-refractivity contribution in [2.24, 2.45) is 23.7 Å². The molecule has 1 aliphatic rings. The lowest BCUT2D eigenvalue weighted by molar-refractivity contribution is 0.267. The highest BCUT2D eigenvalue weighted by Gasteiger charge is 2.38. The molecule has 3 atom stereocenters.